The van der Waals surface area contributed by atoms with Crippen molar-refractivity contribution in [3.05, 3.63) is 53.3 Å². The molecule has 0 radical (unpaired) electrons. The summed E-state index contributed by atoms with van der Waals surface area (Å²) in [5, 5.41) is 5.96. The lowest BCUT2D eigenvalue weighted by Gasteiger charge is -2.08. The van der Waals surface area contributed by atoms with Crippen LogP contribution in [0.3, 0.4) is 0 Å². The summed E-state index contributed by atoms with van der Waals surface area (Å²) < 4.78 is 5.42. The Hall–Kier alpha value is -2.11. The summed E-state index contributed by atoms with van der Waals surface area (Å²) in [5.74, 6) is 0.353. The third-order valence-electron chi connectivity index (χ3n) is 2.71. The van der Waals surface area contributed by atoms with Gasteiger partial charge in [0.15, 0.2) is 11.8 Å². The van der Waals surface area contributed by atoms with Crippen LogP contribution in [0.15, 0.2) is 42.6 Å². The van der Waals surface area contributed by atoms with Gasteiger partial charge in [-0.15, -0.1) is 0 Å². The Labute approximate surface area is 128 Å². The molecule has 2 N–H and O–H groups in total. The Morgan fingerprint density at radius 3 is 2.71 bits per heavy atom. The molecule has 110 valence electrons. The molecule has 0 aliphatic rings. The standard InChI is InChI=1S/C15H16ClN3O2/c1-17-9-11-4-6-12(7-5-11)21-10-14(20)19-13-3-2-8-18-15(13)16/h2-8,17H,9-10H2,1H3,(H,19,20). The SMILES string of the molecule is CNCc1ccc(OCC(=O)Nc2cccnc2Cl)cc1. The summed E-state index contributed by atoms with van der Waals surface area (Å²) in [6.07, 6.45) is 1.56. The summed E-state index contributed by atoms with van der Waals surface area (Å²) >= 11 is 5.86. The molecule has 0 saturated carbocycles. The molecule has 0 aliphatic carbocycles. The van der Waals surface area contributed by atoms with Crippen molar-refractivity contribution in [3.8, 4) is 5.75 Å². The van der Waals surface area contributed by atoms with Crippen LogP contribution >= 0.6 is 11.6 Å². The van der Waals surface area contributed by atoms with Gasteiger partial charge in [-0.3, -0.25) is 4.79 Å². The minimum atomic E-state index is -0.288. The molecule has 5 nitrogen and oxygen atoms in total. The molecule has 2 rings (SSSR count). The summed E-state index contributed by atoms with van der Waals surface area (Å²) in [7, 11) is 1.89. The zero-order valence-electron chi connectivity index (χ0n) is 11.6. The van der Waals surface area contributed by atoms with E-state index in [2.05, 4.69) is 15.6 Å². The number of hydrogen-bond acceptors (Lipinski definition) is 4. The number of anilines is 1. The number of rotatable bonds is 6. The fourth-order valence-electron chi connectivity index (χ4n) is 1.72. The van der Waals surface area contributed by atoms with Crippen LogP contribution in [0.2, 0.25) is 5.15 Å². The number of hydrogen-bond donors (Lipinski definition) is 2. The maximum Gasteiger partial charge on any atom is 0.262 e. The van der Waals surface area contributed by atoms with Crippen LogP contribution in [0.1, 0.15) is 5.56 Å². The minimum absolute atomic E-state index is 0.0867. The fourth-order valence-corrected chi connectivity index (χ4v) is 1.89. The van der Waals surface area contributed by atoms with Gasteiger partial charge < -0.3 is 15.4 Å². The Kier molecular flexibility index (Phi) is 5.54. The first-order valence-electron chi connectivity index (χ1n) is 6.46. The molecular weight excluding hydrogens is 290 g/mol. The smallest absolute Gasteiger partial charge is 0.262 e. The van der Waals surface area contributed by atoms with Crippen LogP contribution in [0.25, 0.3) is 0 Å². The Bertz CT molecular complexity index is 602. The predicted octanol–water partition coefficient (Wildman–Crippen LogP) is 2.47. The van der Waals surface area contributed by atoms with Gasteiger partial charge in [-0.2, -0.15) is 0 Å². The second kappa shape index (κ2) is 7.61. The Balaban J connectivity index is 1.85. The zero-order valence-corrected chi connectivity index (χ0v) is 12.4. The molecule has 1 aromatic carbocycles. The third-order valence-corrected chi connectivity index (χ3v) is 3.01. The summed E-state index contributed by atoms with van der Waals surface area (Å²) in [6, 6.07) is 10.9. The van der Waals surface area contributed by atoms with E-state index < -0.39 is 0 Å². The van der Waals surface area contributed by atoms with E-state index >= 15 is 0 Å². The normalized spacial score (nSPS) is 10.2. The molecule has 1 heterocycles. The molecule has 1 aromatic heterocycles. The van der Waals surface area contributed by atoms with Gasteiger partial charge in [0.25, 0.3) is 5.91 Å². The molecule has 21 heavy (non-hydrogen) atoms. The number of carbonyl (C=O) groups is 1. The lowest BCUT2D eigenvalue weighted by Crippen LogP contribution is -2.20. The highest BCUT2D eigenvalue weighted by Gasteiger charge is 2.07. The second-order valence-electron chi connectivity index (χ2n) is 4.35. The summed E-state index contributed by atoms with van der Waals surface area (Å²) in [5.41, 5.74) is 1.62. The van der Waals surface area contributed by atoms with Crippen molar-refractivity contribution in [3.63, 3.8) is 0 Å². The van der Waals surface area contributed by atoms with Gasteiger partial charge in [0.2, 0.25) is 0 Å². The lowest BCUT2D eigenvalue weighted by molar-refractivity contribution is -0.118. The van der Waals surface area contributed by atoms with Gasteiger partial charge >= 0.3 is 0 Å². The molecule has 0 spiro atoms. The quantitative estimate of drug-likeness (QED) is 0.805. The van der Waals surface area contributed by atoms with Crippen LogP contribution in [0.4, 0.5) is 5.69 Å². The van der Waals surface area contributed by atoms with E-state index in [9.17, 15) is 4.79 Å². The first-order valence-corrected chi connectivity index (χ1v) is 6.83. The van der Waals surface area contributed by atoms with Crippen molar-refractivity contribution in [2.24, 2.45) is 0 Å². The van der Waals surface area contributed by atoms with Crippen molar-refractivity contribution in [2.45, 2.75) is 6.54 Å². The van der Waals surface area contributed by atoms with Crippen LogP contribution in [0.5, 0.6) is 5.75 Å². The summed E-state index contributed by atoms with van der Waals surface area (Å²) in [6.45, 7) is 0.705. The number of pyridine rings is 1. The molecular formula is C15H16ClN3O2. The van der Waals surface area contributed by atoms with Crippen LogP contribution in [-0.2, 0) is 11.3 Å². The number of nitrogens with zero attached hydrogens (tertiary/aromatic N) is 1. The molecule has 1 amide bonds. The highest BCUT2D eigenvalue weighted by Crippen LogP contribution is 2.17. The Morgan fingerprint density at radius 2 is 2.05 bits per heavy atom. The van der Waals surface area contributed by atoms with E-state index in [0.717, 1.165) is 12.1 Å². The average molecular weight is 306 g/mol. The van der Waals surface area contributed by atoms with Crippen LogP contribution in [0, 0.1) is 0 Å². The van der Waals surface area contributed by atoms with E-state index in [1.807, 2.05) is 31.3 Å². The highest BCUT2D eigenvalue weighted by molar-refractivity contribution is 6.32. The highest BCUT2D eigenvalue weighted by atomic mass is 35.5. The van der Waals surface area contributed by atoms with Gasteiger partial charge in [0, 0.05) is 12.7 Å². The van der Waals surface area contributed by atoms with E-state index in [1.54, 1.807) is 18.3 Å². The zero-order chi connectivity index (χ0) is 15.1. The number of aromatic nitrogens is 1. The van der Waals surface area contributed by atoms with Crippen molar-refractivity contribution in [1.29, 1.82) is 0 Å². The maximum absolute atomic E-state index is 11.8. The first-order chi connectivity index (χ1) is 10.2. The van der Waals surface area contributed by atoms with Crippen LogP contribution in [-0.4, -0.2) is 24.5 Å². The molecule has 0 fully saturated rings. The van der Waals surface area contributed by atoms with E-state index in [-0.39, 0.29) is 17.7 Å². The van der Waals surface area contributed by atoms with E-state index in [0.29, 0.717) is 11.4 Å². The number of halogens is 1. The molecule has 0 bridgehead atoms. The van der Waals surface area contributed by atoms with Crippen molar-refractivity contribution >= 4 is 23.2 Å². The lowest BCUT2D eigenvalue weighted by atomic mass is 10.2. The molecule has 6 heteroatoms. The predicted molar refractivity (Wildman–Crippen MR) is 82.6 cm³/mol. The van der Waals surface area contributed by atoms with Gasteiger partial charge in [-0.25, -0.2) is 4.98 Å². The topological polar surface area (TPSA) is 63.2 Å². The number of nitrogens with one attached hydrogen (secondary N) is 2. The van der Waals surface area contributed by atoms with Gasteiger partial charge in [0.05, 0.1) is 5.69 Å². The van der Waals surface area contributed by atoms with Crippen molar-refractivity contribution in [1.82, 2.24) is 10.3 Å². The van der Waals surface area contributed by atoms with E-state index in [1.165, 1.54) is 0 Å². The molecule has 0 unspecified atom stereocenters. The van der Waals surface area contributed by atoms with E-state index in [4.69, 9.17) is 16.3 Å². The minimum Gasteiger partial charge on any atom is -0.484 e. The maximum atomic E-state index is 11.8. The second-order valence-corrected chi connectivity index (χ2v) is 4.71. The monoisotopic (exact) mass is 305 g/mol. The molecule has 0 atom stereocenters. The number of carbonyl (C=O) groups excluding carboxylic acids is 1. The van der Waals surface area contributed by atoms with Crippen LogP contribution < -0.4 is 15.4 Å². The number of ether oxygens (including phenoxy) is 1. The molecule has 0 saturated heterocycles. The fraction of sp³-hybridized carbons (Fsp3) is 0.200. The van der Waals surface area contributed by atoms with Gasteiger partial charge in [-0.05, 0) is 36.9 Å². The number of amides is 1. The van der Waals surface area contributed by atoms with Crippen molar-refractivity contribution < 1.29 is 9.53 Å². The molecule has 0 aliphatic heterocycles. The third kappa shape index (κ3) is 4.73. The van der Waals surface area contributed by atoms with Gasteiger partial charge in [0.1, 0.15) is 5.75 Å². The Morgan fingerprint density at radius 1 is 1.29 bits per heavy atom. The van der Waals surface area contributed by atoms with Crippen molar-refractivity contribution in [2.75, 3.05) is 19.0 Å². The van der Waals surface area contributed by atoms with Gasteiger partial charge in [-0.1, -0.05) is 23.7 Å². The first kappa shape index (κ1) is 15.3. The largest absolute Gasteiger partial charge is 0.484 e. The number of benzene rings is 1. The molecule has 2 aromatic rings. The average Bonchev–Trinajstić information content (AvgIpc) is 2.49. The summed E-state index contributed by atoms with van der Waals surface area (Å²) in [4.78, 5) is 15.7.